The average molecular weight is 532 g/mol. The lowest BCUT2D eigenvalue weighted by atomic mass is 10.0. The summed E-state index contributed by atoms with van der Waals surface area (Å²) in [5, 5.41) is 5.21. The lowest BCUT2D eigenvalue weighted by molar-refractivity contribution is -0.142. The van der Waals surface area contributed by atoms with Crippen LogP contribution in [-0.2, 0) is 38.3 Å². The normalized spacial score (nSPS) is 18.2. The van der Waals surface area contributed by atoms with Gasteiger partial charge in [0.25, 0.3) is 5.91 Å². The quantitative estimate of drug-likeness (QED) is 0.459. The maximum atomic E-state index is 13.7. The van der Waals surface area contributed by atoms with Gasteiger partial charge < -0.3 is 20.3 Å². The summed E-state index contributed by atoms with van der Waals surface area (Å²) < 4.78 is 46.3. The van der Waals surface area contributed by atoms with Gasteiger partial charge in [-0.15, -0.1) is 0 Å². The van der Waals surface area contributed by atoms with Crippen molar-refractivity contribution in [1.29, 1.82) is 0 Å². The van der Waals surface area contributed by atoms with E-state index in [4.69, 9.17) is 4.74 Å². The molecule has 202 valence electrons. The first-order chi connectivity index (χ1) is 18.1. The number of carbonyl (C=O) groups excluding carboxylic acids is 4. The molecule has 0 aromatic heterocycles. The zero-order valence-corrected chi connectivity index (χ0v) is 20.7. The van der Waals surface area contributed by atoms with Gasteiger partial charge in [0.05, 0.1) is 19.2 Å². The monoisotopic (exact) mass is 531 g/mol. The third-order valence-electron chi connectivity index (χ3n) is 6.67. The number of benzene rings is 2. The number of nitrogens with zero attached hydrogens (tertiary/aromatic N) is 1. The molecule has 0 bridgehead atoms. The minimum Gasteiger partial charge on any atom is -0.496 e. The predicted octanol–water partition coefficient (Wildman–Crippen LogP) is 2.78. The molecular formula is C27H28F3N3O5. The number of Topliss-reactive ketones (excluding diaryl/α,β-unsaturated/α-hetero) is 1. The Hall–Kier alpha value is -3.89. The second-order valence-corrected chi connectivity index (χ2v) is 9.42. The Kier molecular flexibility index (Phi) is 8.03. The lowest BCUT2D eigenvalue weighted by Crippen LogP contribution is -2.53. The molecule has 1 heterocycles. The number of ketones is 1. The summed E-state index contributed by atoms with van der Waals surface area (Å²) in [5.41, 5.74) is -0.533. The van der Waals surface area contributed by atoms with Crippen molar-refractivity contribution in [2.24, 2.45) is 0 Å². The van der Waals surface area contributed by atoms with Gasteiger partial charge >= 0.3 is 6.18 Å². The molecule has 8 nitrogen and oxygen atoms in total. The topological polar surface area (TPSA) is 105 Å². The van der Waals surface area contributed by atoms with Crippen LogP contribution in [0.25, 0.3) is 0 Å². The number of rotatable bonds is 10. The van der Waals surface area contributed by atoms with Crippen LogP contribution in [0, 0.1) is 0 Å². The van der Waals surface area contributed by atoms with Gasteiger partial charge in [0.2, 0.25) is 17.6 Å². The molecule has 2 N–H and O–H groups in total. The smallest absolute Gasteiger partial charge is 0.416 e. The zero-order chi connectivity index (χ0) is 27.4. The average Bonchev–Trinajstić information content (AvgIpc) is 3.63. The van der Waals surface area contributed by atoms with Crippen LogP contribution in [0.3, 0.4) is 0 Å². The molecule has 4 rings (SSSR count). The molecular weight excluding hydrogens is 503 g/mol. The standard InChI is InChI=1S/C27H28F3N3O5/c1-38-22-9-5-8-19(27(28,29)30)18(22)15-33-21(12-13-23(33)34)25(36)32-20(14-16-6-3-2-4-7-16)24(35)26(37)31-17-10-11-17/h2-9,17,20-21H,10-15H2,1H3,(H,31,37)(H,32,36)/t20?,21-/m1/s1. The predicted molar refractivity (Wildman–Crippen MR) is 130 cm³/mol. The van der Waals surface area contributed by atoms with Gasteiger partial charge in [0, 0.05) is 24.4 Å². The number of ether oxygens (including phenoxy) is 1. The van der Waals surface area contributed by atoms with Gasteiger partial charge in [0.15, 0.2) is 0 Å². The SMILES string of the molecule is COc1cccc(C(F)(F)F)c1CN1C(=O)CC[C@@H]1C(=O)NC(Cc1ccccc1)C(=O)C(=O)NC1CC1. The molecule has 2 aromatic carbocycles. The highest BCUT2D eigenvalue weighted by atomic mass is 19.4. The summed E-state index contributed by atoms with van der Waals surface area (Å²) in [6, 6.07) is 9.84. The number of halogens is 3. The fraction of sp³-hybridized carbons (Fsp3) is 0.407. The van der Waals surface area contributed by atoms with E-state index in [2.05, 4.69) is 10.6 Å². The van der Waals surface area contributed by atoms with Crippen LogP contribution in [0.4, 0.5) is 13.2 Å². The molecule has 0 spiro atoms. The van der Waals surface area contributed by atoms with Crippen LogP contribution in [0.5, 0.6) is 5.75 Å². The molecule has 1 unspecified atom stereocenters. The van der Waals surface area contributed by atoms with E-state index in [9.17, 15) is 32.3 Å². The van der Waals surface area contributed by atoms with Gasteiger partial charge in [-0.25, -0.2) is 0 Å². The largest absolute Gasteiger partial charge is 0.496 e. The van der Waals surface area contributed by atoms with Crippen molar-refractivity contribution < 1.29 is 37.1 Å². The van der Waals surface area contributed by atoms with E-state index in [0.29, 0.717) is 5.56 Å². The van der Waals surface area contributed by atoms with Gasteiger partial charge in [-0.3, -0.25) is 19.2 Å². The number of likely N-dealkylation sites (tertiary alicyclic amines) is 1. The molecule has 1 aliphatic carbocycles. The van der Waals surface area contributed by atoms with E-state index in [-0.39, 0.29) is 36.6 Å². The molecule has 2 atom stereocenters. The van der Waals surface area contributed by atoms with E-state index < -0.39 is 53.9 Å². The first-order valence-corrected chi connectivity index (χ1v) is 12.3. The zero-order valence-electron chi connectivity index (χ0n) is 20.7. The summed E-state index contributed by atoms with van der Waals surface area (Å²) in [5.74, 6) is -2.91. The van der Waals surface area contributed by atoms with Crippen molar-refractivity contribution in [3.8, 4) is 5.75 Å². The van der Waals surface area contributed by atoms with Crippen LogP contribution >= 0.6 is 0 Å². The fourth-order valence-electron chi connectivity index (χ4n) is 4.53. The van der Waals surface area contributed by atoms with E-state index in [1.54, 1.807) is 30.3 Å². The Balaban J connectivity index is 1.56. The van der Waals surface area contributed by atoms with E-state index in [1.807, 2.05) is 0 Å². The van der Waals surface area contributed by atoms with Crippen LogP contribution in [0.15, 0.2) is 48.5 Å². The van der Waals surface area contributed by atoms with Crippen LogP contribution in [-0.4, -0.2) is 53.6 Å². The summed E-state index contributed by atoms with van der Waals surface area (Å²) in [6.45, 7) is -0.505. The van der Waals surface area contributed by atoms with Crippen LogP contribution in [0.2, 0.25) is 0 Å². The van der Waals surface area contributed by atoms with Gasteiger partial charge in [-0.1, -0.05) is 36.4 Å². The molecule has 2 aromatic rings. The highest BCUT2D eigenvalue weighted by Gasteiger charge is 2.41. The van der Waals surface area contributed by atoms with E-state index in [1.165, 1.54) is 19.2 Å². The highest BCUT2D eigenvalue weighted by molar-refractivity contribution is 6.38. The van der Waals surface area contributed by atoms with Crippen molar-refractivity contribution in [2.75, 3.05) is 7.11 Å². The number of hydrogen-bond donors (Lipinski definition) is 2. The number of nitrogens with one attached hydrogen (secondary N) is 2. The summed E-state index contributed by atoms with van der Waals surface area (Å²) in [6.07, 6.45) is -3.11. The minimum atomic E-state index is -4.70. The maximum absolute atomic E-state index is 13.7. The Morgan fingerprint density at radius 3 is 2.39 bits per heavy atom. The van der Waals surface area contributed by atoms with Crippen molar-refractivity contribution >= 4 is 23.5 Å². The van der Waals surface area contributed by atoms with E-state index in [0.717, 1.165) is 23.8 Å². The molecule has 11 heteroatoms. The second-order valence-electron chi connectivity index (χ2n) is 9.42. The number of methoxy groups -OCH3 is 1. The van der Waals surface area contributed by atoms with Crippen molar-refractivity contribution in [2.45, 2.75) is 63.0 Å². The number of hydrogen-bond acceptors (Lipinski definition) is 5. The van der Waals surface area contributed by atoms with Crippen molar-refractivity contribution in [3.63, 3.8) is 0 Å². The molecule has 38 heavy (non-hydrogen) atoms. The first-order valence-electron chi connectivity index (χ1n) is 12.3. The second kappa shape index (κ2) is 11.2. The Labute approximate surface area is 217 Å². The molecule has 3 amide bonds. The third-order valence-corrected chi connectivity index (χ3v) is 6.67. The van der Waals surface area contributed by atoms with Gasteiger partial charge in [0.1, 0.15) is 17.8 Å². The summed E-state index contributed by atoms with van der Waals surface area (Å²) in [7, 11) is 1.22. The Morgan fingerprint density at radius 2 is 1.76 bits per heavy atom. The molecule has 2 aliphatic rings. The fourth-order valence-corrected chi connectivity index (χ4v) is 4.53. The Bertz CT molecular complexity index is 1210. The highest BCUT2D eigenvalue weighted by Crippen LogP contribution is 2.37. The number of amides is 3. The summed E-state index contributed by atoms with van der Waals surface area (Å²) >= 11 is 0. The van der Waals surface area contributed by atoms with Crippen molar-refractivity contribution in [1.82, 2.24) is 15.5 Å². The first kappa shape index (κ1) is 27.2. The van der Waals surface area contributed by atoms with Gasteiger partial charge in [-0.2, -0.15) is 13.2 Å². The maximum Gasteiger partial charge on any atom is 0.416 e. The number of carbonyl (C=O) groups is 4. The molecule has 2 fully saturated rings. The van der Waals surface area contributed by atoms with Crippen molar-refractivity contribution in [3.05, 3.63) is 65.2 Å². The van der Waals surface area contributed by atoms with Gasteiger partial charge in [-0.05, 0) is 37.0 Å². The molecule has 0 radical (unpaired) electrons. The Morgan fingerprint density at radius 1 is 1.05 bits per heavy atom. The van der Waals surface area contributed by atoms with E-state index >= 15 is 0 Å². The number of alkyl halides is 3. The third kappa shape index (κ3) is 6.32. The lowest BCUT2D eigenvalue weighted by Gasteiger charge is -2.28. The van der Waals surface area contributed by atoms with Crippen LogP contribution < -0.4 is 15.4 Å². The molecule has 1 saturated carbocycles. The minimum absolute atomic E-state index is 0.0366. The van der Waals surface area contributed by atoms with Crippen LogP contribution in [0.1, 0.15) is 42.4 Å². The molecule has 1 saturated heterocycles. The molecule has 1 aliphatic heterocycles. The summed E-state index contributed by atoms with van der Waals surface area (Å²) in [4.78, 5) is 52.6.